The Hall–Kier alpha value is -2.04. The van der Waals surface area contributed by atoms with Crippen molar-refractivity contribution in [3.8, 4) is 5.75 Å². The minimum atomic E-state index is -0.393. The van der Waals surface area contributed by atoms with Crippen molar-refractivity contribution in [3.05, 3.63) is 29.3 Å². The normalized spacial score (nSPS) is 10.2. The molecule has 0 saturated heterocycles. The first-order chi connectivity index (χ1) is 10.5. The van der Waals surface area contributed by atoms with Crippen LogP contribution in [0.4, 0.5) is 0 Å². The summed E-state index contributed by atoms with van der Waals surface area (Å²) >= 11 is 0. The molecule has 5 nitrogen and oxygen atoms in total. The van der Waals surface area contributed by atoms with Gasteiger partial charge in [-0.15, -0.1) is 0 Å². The van der Waals surface area contributed by atoms with E-state index in [-0.39, 0.29) is 19.1 Å². The van der Waals surface area contributed by atoms with Gasteiger partial charge in [-0.25, -0.2) is 0 Å². The minimum absolute atomic E-state index is 0.0310. The number of hydrogen-bond acceptors (Lipinski definition) is 4. The molecule has 0 N–H and O–H groups in total. The Morgan fingerprint density at radius 1 is 1.14 bits per heavy atom. The fraction of sp³-hybridized carbons (Fsp3) is 0.529. The highest BCUT2D eigenvalue weighted by molar-refractivity contribution is 5.83. The van der Waals surface area contributed by atoms with E-state index < -0.39 is 5.97 Å². The Labute approximate surface area is 132 Å². The lowest BCUT2D eigenvalue weighted by molar-refractivity contribution is -0.149. The third-order valence-corrected chi connectivity index (χ3v) is 3.31. The SMILES string of the molecule is CCCN(CC(=O)OCC)C(=O)COc1ccc(C)c(C)c1. The zero-order valence-electron chi connectivity index (χ0n) is 13.8. The topological polar surface area (TPSA) is 55.8 Å². The molecule has 0 aliphatic heterocycles. The highest BCUT2D eigenvalue weighted by Crippen LogP contribution is 2.16. The van der Waals surface area contributed by atoms with Gasteiger partial charge in [0.2, 0.25) is 0 Å². The van der Waals surface area contributed by atoms with Gasteiger partial charge in [-0.05, 0) is 50.5 Å². The van der Waals surface area contributed by atoms with Crippen molar-refractivity contribution in [1.82, 2.24) is 4.90 Å². The van der Waals surface area contributed by atoms with Gasteiger partial charge in [0.25, 0.3) is 5.91 Å². The highest BCUT2D eigenvalue weighted by Gasteiger charge is 2.17. The van der Waals surface area contributed by atoms with Gasteiger partial charge < -0.3 is 14.4 Å². The van der Waals surface area contributed by atoms with E-state index in [0.717, 1.165) is 12.0 Å². The van der Waals surface area contributed by atoms with Crippen LogP contribution in [0.3, 0.4) is 0 Å². The molecule has 0 spiro atoms. The molecule has 0 heterocycles. The number of nitrogens with zero attached hydrogens (tertiary/aromatic N) is 1. The van der Waals surface area contributed by atoms with Gasteiger partial charge >= 0.3 is 5.97 Å². The van der Waals surface area contributed by atoms with Crippen LogP contribution in [-0.2, 0) is 14.3 Å². The van der Waals surface area contributed by atoms with E-state index in [1.165, 1.54) is 10.5 Å². The van der Waals surface area contributed by atoms with Gasteiger partial charge in [-0.1, -0.05) is 13.0 Å². The van der Waals surface area contributed by atoms with Gasteiger partial charge in [0, 0.05) is 6.54 Å². The highest BCUT2D eigenvalue weighted by atomic mass is 16.5. The molecular formula is C17H25NO4. The second kappa shape index (κ2) is 9.07. The smallest absolute Gasteiger partial charge is 0.325 e. The molecule has 0 atom stereocenters. The number of carbonyl (C=O) groups excluding carboxylic acids is 2. The molecule has 0 aliphatic carbocycles. The van der Waals surface area contributed by atoms with Crippen LogP contribution in [0.1, 0.15) is 31.4 Å². The third-order valence-electron chi connectivity index (χ3n) is 3.31. The molecule has 1 amide bonds. The number of esters is 1. The Kier molecular flexibility index (Phi) is 7.43. The van der Waals surface area contributed by atoms with Crippen LogP contribution < -0.4 is 4.74 Å². The number of rotatable bonds is 8. The molecule has 0 bridgehead atoms. The van der Waals surface area contributed by atoms with Crippen LogP contribution in [0.2, 0.25) is 0 Å². The average Bonchev–Trinajstić information content (AvgIpc) is 2.48. The van der Waals surface area contributed by atoms with Crippen LogP contribution in [-0.4, -0.2) is 43.1 Å². The molecule has 1 aromatic carbocycles. The van der Waals surface area contributed by atoms with E-state index in [2.05, 4.69) is 0 Å². The first-order valence-corrected chi connectivity index (χ1v) is 7.61. The van der Waals surface area contributed by atoms with E-state index >= 15 is 0 Å². The van der Waals surface area contributed by atoms with Crippen LogP contribution in [0.5, 0.6) is 5.75 Å². The zero-order valence-corrected chi connectivity index (χ0v) is 13.8. The maximum atomic E-state index is 12.2. The number of benzene rings is 1. The summed E-state index contributed by atoms with van der Waals surface area (Å²) in [4.78, 5) is 25.2. The Bertz CT molecular complexity index is 513. The number of aryl methyl sites for hydroxylation is 2. The van der Waals surface area contributed by atoms with E-state index in [9.17, 15) is 9.59 Å². The van der Waals surface area contributed by atoms with Crippen molar-refractivity contribution < 1.29 is 19.1 Å². The largest absolute Gasteiger partial charge is 0.484 e. The number of carbonyl (C=O) groups is 2. The molecule has 122 valence electrons. The monoisotopic (exact) mass is 307 g/mol. The van der Waals surface area contributed by atoms with Crippen molar-refractivity contribution in [2.75, 3.05) is 26.3 Å². The summed E-state index contributed by atoms with van der Waals surface area (Å²) in [5.74, 6) is 0.0487. The summed E-state index contributed by atoms with van der Waals surface area (Å²) in [5.41, 5.74) is 2.29. The summed E-state index contributed by atoms with van der Waals surface area (Å²) in [6, 6.07) is 5.70. The molecule has 0 saturated carbocycles. The van der Waals surface area contributed by atoms with Crippen molar-refractivity contribution in [2.24, 2.45) is 0 Å². The van der Waals surface area contributed by atoms with Gasteiger partial charge in [-0.2, -0.15) is 0 Å². The van der Waals surface area contributed by atoms with Crippen molar-refractivity contribution >= 4 is 11.9 Å². The fourth-order valence-electron chi connectivity index (χ4n) is 1.96. The van der Waals surface area contributed by atoms with Crippen molar-refractivity contribution in [1.29, 1.82) is 0 Å². The summed E-state index contributed by atoms with van der Waals surface area (Å²) in [6.07, 6.45) is 0.773. The lowest BCUT2D eigenvalue weighted by atomic mass is 10.1. The van der Waals surface area contributed by atoms with Gasteiger partial charge in [0.15, 0.2) is 6.61 Å². The van der Waals surface area contributed by atoms with Crippen molar-refractivity contribution in [2.45, 2.75) is 34.1 Å². The lowest BCUT2D eigenvalue weighted by Gasteiger charge is -2.21. The van der Waals surface area contributed by atoms with Crippen LogP contribution in [0, 0.1) is 13.8 Å². The maximum Gasteiger partial charge on any atom is 0.325 e. The lowest BCUT2D eigenvalue weighted by Crippen LogP contribution is -2.39. The van der Waals surface area contributed by atoms with Gasteiger partial charge in [0.05, 0.1) is 6.61 Å². The van der Waals surface area contributed by atoms with E-state index in [0.29, 0.717) is 18.9 Å². The molecular weight excluding hydrogens is 282 g/mol. The fourth-order valence-corrected chi connectivity index (χ4v) is 1.96. The molecule has 0 radical (unpaired) electrons. The molecule has 1 rings (SSSR count). The minimum Gasteiger partial charge on any atom is -0.484 e. The molecule has 0 aliphatic rings. The summed E-state index contributed by atoms with van der Waals surface area (Å²) in [5, 5.41) is 0. The Balaban J connectivity index is 2.58. The number of ether oxygens (including phenoxy) is 2. The Morgan fingerprint density at radius 3 is 2.45 bits per heavy atom. The van der Waals surface area contributed by atoms with E-state index in [1.54, 1.807) is 6.92 Å². The predicted octanol–water partition coefficient (Wildman–Crippen LogP) is 2.48. The van der Waals surface area contributed by atoms with Gasteiger partial charge in [0.1, 0.15) is 12.3 Å². The summed E-state index contributed by atoms with van der Waals surface area (Å²) in [7, 11) is 0. The molecule has 0 aromatic heterocycles. The van der Waals surface area contributed by atoms with E-state index in [1.807, 2.05) is 39.0 Å². The molecule has 0 fully saturated rings. The molecule has 5 heteroatoms. The average molecular weight is 307 g/mol. The molecule has 1 aromatic rings. The second-order valence-corrected chi connectivity index (χ2v) is 5.16. The van der Waals surface area contributed by atoms with E-state index in [4.69, 9.17) is 9.47 Å². The maximum absolute atomic E-state index is 12.2. The van der Waals surface area contributed by atoms with Crippen LogP contribution >= 0.6 is 0 Å². The third kappa shape index (κ3) is 5.76. The Morgan fingerprint density at radius 2 is 1.86 bits per heavy atom. The predicted molar refractivity (Wildman–Crippen MR) is 84.9 cm³/mol. The quantitative estimate of drug-likeness (QED) is 0.692. The number of hydrogen-bond donors (Lipinski definition) is 0. The first-order valence-electron chi connectivity index (χ1n) is 7.61. The number of amides is 1. The first kappa shape index (κ1) is 18.0. The summed E-state index contributed by atoms with van der Waals surface area (Å²) < 4.78 is 10.4. The standard InChI is InChI=1S/C17H25NO4/c1-5-9-18(11-17(20)21-6-2)16(19)12-22-15-8-7-13(3)14(4)10-15/h7-8,10H,5-6,9,11-12H2,1-4H3. The zero-order chi connectivity index (χ0) is 16.5. The molecule has 0 unspecified atom stereocenters. The van der Waals surface area contributed by atoms with Crippen LogP contribution in [0.25, 0.3) is 0 Å². The second-order valence-electron chi connectivity index (χ2n) is 5.16. The van der Waals surface area contributed by atoms with Crippen molar-refractivity contribution in [3.63, 3.8) is 0 Å². The summed E-state index contributed by atoms with van der Waals surface area (Å²) in [6.45, 7) is 8.42. The van der Waals surface area contributed by atoms with Gasteiger partial charge in [-0.3, -0.25) is 9.59 Å². The molecule has 22 heavy (non-hydrogen) atoms. The van der Waals surface area contributed by atoms with Crippen LogP contribution in [0.15, 0.2) is 18.2 Å².